The second-order valence-corrected chi connectivity index (χ2v) is 11.8. The Kier molecular flexibility index (Phi) is 7.68. The molecular weight excluding hydrogens is 464 g/mol. The molecule has 2 aliphatic rings. The molecule has 2 aliphatic heterocycles. The van der Waals surface area contributed by atoms with E-state index in [1.165, 1.54) is 11.1 Å². The Bertz CT molecular complexity index is 1190. The Hall–Kier alpha value is -2.76. The molecule has 1 spiro atoms. The van der Waals surface area contributed by atoms with Crippen LogP contribution in [0.2, 0.25) is 0 Å². The van der Waals surface area contributed by atoms with E-state index < -0.39 is 10.8 Å². The molecule has 3 aromatic rings. The van der Waals surface area contributed by atoms with E-state index >= 15 is 0 Å². The number of hydrogen-bond donors (Lipinski definition) is 0. The highest BCUT2D eigenvalue weighted by atomic mass is 32.2. The van der Waals surface area contributed by atoms with Crippen molar-refractivity contribution in [3.63, 3.8) is 0 Å². The number of carbonyl (C=O) groups is 1. The highest BCUT2D eigenvalue weighted by Gasteiger charge is 2.44. The fourth-order valence-corrected chi connectivity index (χ4v) is 7.78. The minimum Gasteiger partial charge on any atom is -0.342 e. The lowest BCUT2D eigenvalue weighted by molar-refractivity contribution is 0.0789. The number of likely N-dealkylation sites (tertiary alicyclic amines) is 1. The van der Waals surface area contributed by atoms with Crippen molar-refractivity contribution in [3.8, 4) is 0 Å². The summed E-state index contributed by atoms with van der Waals surface area (Å²) in [5.74, 6) is 1.28. The van der Waals surface area contributed by atoms with Crippen LogP contribution < -0.4 is 0 Å². The van der Waals surface area contributed by atoms with Crippen LogP contribution in [0, 0.1) is 0 Å². The molecular formula is C31H36N2O2S. The molecule has 0 aromatic heterocycles. The van der Waals surface area contributed by atoms with Gasteiger partial charge >= 0.3 is 0 Å². The molecule has 0 bridgehead atoms. The van der Waals surface area contributed by atoms with Gasteiger partial charge in [0.15, 0.2) is 0 Å². The zero-order valence-corrected chi connectivity index (χ0v) is 22.0. The van der Waals surface area contributed by atoms with Gasteiger partial charge in [-0.05, 0) is 80.6 Å². The van der Waals surface area contributed by atoms with Crippen LogP contribution in [0.15, 0.2) is 89.8 Å². The summed E-state index contributed by atoms with van der Waals surface area (Å²) < 4.78 is 12.7. The summed E-state index contributed by atoms with van der Waals surface area (Å²) in [5, 5.41) is 0. The predicted molar refractivity (Wildman–Crippen MR) is 147 cm³/mol. The van der Waals surface area contributed by atoms with Gasteiger partial charge in [-0.15, -0.1) is 0 Å². The molecule has 0 N–H and O–H groups in total. The summed E-state index contributed by atoms with van der Waals surface area (Å²) in [4.78, 5) is 18.3. The van der Waals surface area contributed by atoms with Crippen molar-refractivity contribution in [2.45, 2.75) is 41.9 Å². The van der Waals surface area contributed by atoms with Crippen LogP contribution in [-0.2, 0) is 16.2 Å². The predicted octanol–water partition coefficient (Wildman–Crippen LogP) is 5.48. The first-order valence-corrected chi connectivity index (χ1v) is 14.4. The van der Waals surface area contributed by atoms with Crippen LogP contribution >= 0.6 is 0 Å². The van der Waals surface area contributed by atoms with Gasteiger partial charge in [0, 0.05) is 35.2 Å². The van der Waals surface area contributed by atoms with Crippen molar-refractivity contribution in [3.05, 3.63) is 102 Å². The molecule has 3 aromatic carbocycles. The molecule has 36 heavy (non-hydrogen) atoms. The van der Waals surface area contributed by atoms with Crippen molar-refractivity contribution in [1.29, 1.82) is 0 Å². The highest BCUT2D eigenvalue weighted by Crippen LogP contribution is 2.44. The smallest absolute Gasteiger partial charge is 0.253 e. The van der Waals surface area contributed by atoms with Crippen LogP contribution in [-0.4, -0.2) is 58.9 Å². The summed E-state index contributed by atoms with van der Waals surface area (Å²) >= 11 is 0. The van der Waals surface area contributed by atoms with Gasteiger partial charge in [0.1, 0.15) is 0 Å². The van der Waals surface area contributed by atoms with Crippen LogP contribution in [0.3, 0.4) is 0 Å². The number of hydrogen-bond acceptors (Lipinski definition) is 3. The maximum absolute atomic E-state index is 12.8. The lowest BCUT2D eigenvalue weighted by atomic mass is 9.74. The number of nitrogens with zero attached hydrogens (tertiary/aromatic N) is 2. The van der Waals surface area contributed by atoms with Gasteiger partial charge in [-0.25, -0.2) is 0 Å². The SMILES string of the molecule is CN(CCC(CCN1CCC2(CC1)CS(=O)c1ccccc12)c1ccccc1)C(=O)c1ccccc1. The maximum Gasteiger partial charge on any atom is 0.253 e. The number of amides is 1. The molecule has 0 radical (unpaired) electrons. The van der Waals surface area contributed by atoms with Gasteiger partial charge in [0.25, 0.3) is 5.91 Å². The molecule has 5 heteroatoms. The second kappa shape index (κ2) is 11.1. The molecule has 0 aliphatic carbocycles. The van der Waals surface area contributed by atoms with Gasteiger partial charge in [-0.3, -0.25) is 9.00 Å². The van der Waals surface area contributed by atoms with Gasteiger partial charge in [0.2, 0.25) is 0 Å². The molecule has 0 saturated carbocycles. The average molecular weight is 501 g/mol. The van der Waals surface area contributed by atoms with Gasteiger partial charge in [0.05, 0.1) is 10.8 Å². The standard InChI is InChI=1S/C31H36N2O2S/c1-32(30(34)27-12-6-3-7-13-27)20-16-26(25-10-4-2-5-11-25)17-21-33-22-18-31(19-23-33)24-36(35)29-15-9-8-14-28(29)31/h2-15,26H,16-24H2,1H3. The van der Waals surface area contributed by atoms with Crippen molar-refractivity contribution >= 4 is 16.7 Å². The van der Waals surface area contributed by atoms with Gasteiger partial charge < -0.3 is 9.80 Å². The van der Waals surface area contributed by atoms with Crippen molar-refractivity contribution in [2.75, 3.05) is 39.0 Å². The lowest BCUT2D eigenvalue weighted by Gasteiger charge is -2.40. The number of fused-ring (bicyclic) bond motifs is 2. The van der Waals surface area contributed by atoms with Crippen molar-refractivity contribution < 1.29 is 9.00 Å². The minimum absolute atomic E-state index is 0.0815. The Morgan fingerprint density at radius 3 is 2.28 bits per heavy atom. The first kappa shape index (κ1) is 24.9. The second-order valence-electron chi connectivity index (χ2n) is 10.4. The summed E-state index contributed by atoms with van der Waals surface area (Å²) in [6.07, 6.45) is 4.19. The third kappa shape index (κ3) is 5.33. The van der Waals surface area contributed by atoms with Gasteiger partial charge in [-0.1, -0.05) is 66.7 Å². The maximum atomic E-state index is 12.8. The Labute approximate surface area is 217 Å². The third-order valence-corrected chi connectivity index (χ3v) is 9.83. The first-order valence-electron chi connectivity index (χ1n) is 13.1. The molecule has 1 saturated heterocycles. The van der Waals surface area contributed by atoms with Crippen LogP contribution in [0.4, 0.5) is 0 Å². The summed E-state index contributed by atoms with van der Waals surface area (Å²) in [6.45, 7) is 3.90. The topological polar surface area (TPSA) is 40.6 Å². The fraction of sp³-hybridized carbons (Fsp3) is 0.387. The lowest BCUT2D eigenvalue weighted by Crippen LogP contribution is -2.43. The molecule has 5 rings (SSSR count). The Balaban J connectivity index is 1.19. The van der Waals surface area contributed by atoms with Gasteiger partial charge in [-0.2, -0.15) is 0 Å². The molecule has 4 nitrogen and oxygen atoms in total. The molecule has 1 fully saturated rings. The third-order valence-electron chi connectivity index (χ3n) is 8.17. The number of rotatable bonds is 8. The van der Waals surface area contributed by atoms with E-state index in [0.29, 0.717) is 5.92 Å². The monoisotopic (exact) mass is 500 g/mol. The summed E-state index contributed by atoms with van der Waals surface area (Å²) in [7, 11) is 1.05. The van der Waals surface area contributed by atoms with E-state index in [-0.39, 0.29) is 11.3 Å². The summed E-state index contributed by atoms with van der Waals surface area (Å²) in [5.41, 5.74) is 3.52. The number of benzene rings is 3. The molecule has 2 heterocycles. The van der Waals surface area contributed by atoms with E-state index in [9.17, 15) is 9.00 Å². The zero-order valence-electron chi connectivity index (χ0n) is 21.1. The summed E-state index contributed by atoms with van der Waals surface area (Å²) in [6, 6.07) is 28.6. The van der Waals surface area contributed by atoms with E-state index in [1.807, 2.05) is 48.3 Å². The molecule has 2 unspecified atom stereocenters. The molecule has 188 valence electrons. The average Bonchev–Trinajstić information content (AvgIpc) is 3.21. The van der Waals surface area contributed by atoms with Crippen LogP contribution in [0.25, 0.3) is 0 Å². The van der Waals surface area contributed by atoms with E-state index in [2.05, 4.69) is 53.4 Å². The minimum atomic E-state index is -0.858. The van der Waals surface area contributed by atoms with Crippen molar-refractivity contribution in [1.82, 2.24) is 9.80 Å². The molecule has 2 atom stereocenters. The van der Waals surface area contributed by atoms with Crippen molar-refractivity contribution in [2.24, 2.45) is 0 Å². The Morgan fingerprint density at radius 2 is 1.56 bits per heavy atom. The van der Waals surface area contributed by atoms with E-state index in [4.69, 9.17) is 0 Å². The number of carbonyl (C=O) groups excluding carboxylic acids is 1. The van der Waals surface area contributed by atoms with Crippen LogP contribution in [0.5, 0.6) is 0 Å². The quantitative estimate of drug-likeness (QED) is 0.411. The largest absolute Gasteiger partial charge is 0.342 e. The van der Waals surface area contributed by atoms with Crippen LogP contribution in [0.1, 0.15) is 53.1 Å². The number of piperidine rings is 1. The molecule has 1 amide bonds. The zero-order chi connectivity index (χ0) is 25.0. The van der Waals surface area contributed by atoms with E-state index in [1.54, 1.807) is 0 Å². The Morgan fingerprint density at radius 1 is 0.917 bits per heavy atom. The highest BCUT2D eigenvalue weighted by molar-refractivity contribution is 7.85. The fourth-order valence-electron chi connectivity index (χ4n) is 5.92. The van der Waals surface area contributed by atoms with E-state index in [0.717, 1.165) is 68.1 Å². The normalized spacial score (nSPS) is 19.6. The first-order chi connectivity index (χ1) is 17.6.